The minimum absolute atomic E-state index is 0.106. The van der Waals surface area contributed by atoms with E-state index in [4.69, 9.17) is 16.3 Å². The minimum Gasteiger partial charge on any atom is -0.491 e. The van der Waals surface area contributed by atoms with Gasteiger partial charge in [-0.05, 0) is 74.7 Å². The molecule has 1 N–H and O–H groups in total. The highest BCUT2D eigenvalue weighted by Crippen LogP contribution is 2.45. The summed E-state index contributed by atoms with van der Waals surface area (Å²) in [4.78, 5) is 19.5. The number of halogens is 1. The molecule has 2 aromatic rings. The van der Waals surface area contributed by atoms with Gasteiger partial charge in [0.05, 0.1) is 11.6 Å². The molecule has 0 radical (unpaired) electrons. The Morgan fingerprint density at radius 1 is 1.30 bits per heavy atom. The Hall–Kier alpha value is -2.37. The number of carbonyl (C=O) groups is 1. The Labute approximate surface area is 183 Å². The van der Waals surface area contributed by atoms with Crippen molar-refractivity contribution in [3.8, 4) is 5.75 Å². The highest BCUT2D eigenvalue weighted by molar-refractivity contribution is 6.31. The van der Waals surface area contributed by atoms with Crippen LogP contribution in [0.2, 0.25) is 5.02 Å². The van der Waals surface area contributed by atoms with Crippen molar-refractivity contribution in [3.05, 3.63) is 58.4 Å². The molecule has 158 valence electrons. The van der Waals surface area contributed by atoms with Crippen molar-refractivity contribution in [2.75, 3.05) is 31.6 Å². The molecule has 1 spiro atoms. The van der Waals surface area contributed by atoms with Crippen molar-refractivity contribution in [3.63, 3.8) is 0 Å². The van der Waals surface area contributed by atoms with Crippen LogP contribution in [0.4, 0.5) is 5.69 Å². The second-order valence-electron chi connectivity index (χ2n) is 8.07. The zero-order valence-electron chi connectivity index (χ0n) is 17.6. The van der Waals surface area contributed by atoms with E-state index in [1.807, 2.05) is 31.2 Å². The summed E-state index contributed by atoms with van der Waals surface area (Å²) >= 11 is 6.20. The van der Waals surface area contributed by atoms with Crippen molar-refractivity contribution in [2.24, 2.45) is 0 Å². The summed E-state index contributed by atoms with van der Waals surface area (Å²) in [5, 5.41) is 3.72. The first-order valence-corrected chi connectivity index (χ1v) is 11.0. The Balaban J connectivity index is 1.33. The number of pyridine rings is 1. The Morgan fingerprint density at radius 3 is 2.87 bits per heavy atom. The van der Waals surface area contributed by atoms with E-state index in [0.717, 1.165) is 67.2 Å². The number of aryl methyl sites for hydroxylation is 1. The summed E-state index contributed by atoms with van der Waals surface area (Å²) in [6, 6.07) is 7.73. The smallest absolute Gasteiger partial charge is 0.235 e. The third kappa shape index (κ3) is 4.09. The maximum atomic E-state index is 12.7. The van der Waals surface area contributed by atoms with E-state index in [9.17, 15) is 4.79 Å². The van der Waals surface area contributed by atoms with Crippen LogP contribution >= 0.6 is 11.6 Å². The minimum atomic E-state index is -0.445. The molecule has 0 bridgehead atoms. The summed E-state index contributed by atoms with van der Waals surface area (Å²) in [6.07, 6.45) is 8.59. The predicted molar refractivity (Wildman–Crippen MR) is 121 cm³/mol. The van der Waals surface area contributed by atoms with Gasteiger partial charge in [-0.25, -0.2) is 0 Å². The average molecular weight is 426 g/mol. The number of aromatic nitrogens is 1. The van der Waals surface area contributed by atoms with Crippen molar-refractivity contribution in [2.45, 2.75) is 38.5 Å². The van der Waals surface area contributed by atoms with E-state index < -0.39 is 5.41 Å². The largest absolute Gasteiger partial charge is 0.491 e. The number of allylic oxidation sites excluding steroid dienone is 1. The van der Waals surface area contributed by atoms with Gasteiger partial charge >= 0.3 is 0 Å². The van der Waals surface area contributed by atoms with Crippen LogP contribution in [0, 0.1) is 6.92 Å². The summed E-state index contributed by atoms with van der Waals surface area (Å²) in [7, 11) is 0. The molecule has 2 aliphatic heterocycles. The number of amides is 1. The Morgan fingerprint density at radius 2 is 2.10 bits per heavy atom. The molecule has 1 amide bonds. The molecule has 0 aliphatic carbocycles. The molecule has 1 saturated heterocycles. The number of ether oxygens (including phenoxy) is 1. The zero-order valence-corrected chi connectivity index (χ0v) is 18.3. The number of nitrogens with zero attached hydrogens (tertiary/aromatic N) is 2. The standard InChI is InChI=1S/C24H28ClN3O2/c1-3-4-5-18-14-20(16-26-17(18)2)30-13-12-28-10-8-24(9-11-28)21-15-19(25)6-7-22(21)27-23(24)29/h4-7,14-16H,3,8-13H2,1-2H3,(H,27,29)/b5-4-. The molecular formula is C24H28ClN3O2. The normalized spacial score (nSPS) is 18.0. The third-order valence-electron chi connectivity index (χ3n) is 6.20. The molecule has 1 aromatic heterocycles. The van der Waals surface area contributed by atoms with Crippen molar-refractivity contribution in [1.29, 1.82) is 0 Å². The van der Waals surface area contributed by atoms with E-state index in [0.29, 0.717) is 11.6 Å². The Kier molecular flexibility index (Phi) is 6.11. The molecule has 0 atom stereocenters. The van der Waals surface area contributed by atoms with E-state index >= 15 is 0 Å². The molecule has 0 unspecified atom stereocenters. The molecule has 30 heavy (non-hydrogen) atoms. The molecule has 4 rings (SSSR count). The molecule has 1 fully saturated rings. The van der Waals surface area contributed by atoms with E-state index in [1.165, 1.54) is 0 Å². The molecule has 0 saturated carbocycles. The first-order valence-electron chi connectivity index (χ1n) is 10.6. The Bertz CT molecular complexity index is 965. The van der Waals surface area contributed by atoms with Crippen LogP contribution in [0.15, 0.2) is 36.5 Å². The predicted octanol–water partition coefficient (Wildman–Crippen LogP) is 4.83. The lowest BCUT2D eigenvalue weighted by Crippen LogP contribution is -2.47. The fourth-order valence-electron chi connectivity index (χ4n) is 4.36. The molecule has 1 aromatic carbocycles. The maximum absolute atomic E-state index is 12.7. The molecule has 5 nitrogen and oxygen atoms in total. The van der Waals surface area contributed by atoms with E-state index in [1.54, 1.807) is 6.20 Å². The average Bonchev–Trinajstić information content (AvgIpc) is 3.00. The van der Waals surface area contributed by atoms with Crippen LogP contribution in [-0.2, 0) is 10.2 Å². The molecule has 2 aliphatic rings. The highest BCUT2D eigenvalue weighted by Gasteiger charge is 2.48. The number of hydrogen-bond donors (Lipinski definition) is 1. The second-order valence-corrected chi connectivity index (χ2v) is 8.51. The van der Waals surface area contributed by atoms with Crippen LogP contribution in [0.3, 0.4) is 0 Å². The molecule has 3 heterocycles. The zero-order chi connectivity index (χ0) is 21.1. The van der Waals surface area contributed by atoms with Gasteiger partial charge in [-0.1, -0.05) is 30.7 Å². The number of piperidine rings is 1. The molecule has 6 heteroatoms. The first kappa shape index (κ1) is 20.9. The maximum Gasteiger partial charge on any atom is 0.235 e. The van der Waals surface area contributed by atoms with Crippen molar-refractivity contribution in [1.82, 2.24) is 9.88 Å². The topological polar surface area (TPSA) is 54.5 Å². The van der Waals surface area contributed by atoms with Gasteiger partial charge in [0.1, 0.15) is 12.4 Å². The van der Waals surface area contributed by atoms with Crippen molar-refractivity contribution < 1.29 is 9.53 Å². The second kappa shape index (κ2) is 8.78. The number of nitrogens with one attached hydrogen (secondary N) is 1. The third-order valence-corrected chi connectivity index (χ3v) is 6.44. The lowest BCUT2D eigenvalue weighted by molar-refractivity contribution is -0.122. The van der Waals surface area contributed by atoms with Gasteiger partial charge in [0.2, 0.25) is 5.91 Å². The number of carbonyl (C=O) groups excluding carboxylic acids is 1. The van der Waals surface area contributed by atoms with E-state index in [2.05, 4.69) is 34.3 Å². The highest BCUT2D eigenvalue weighted by atomic mass is 35.5. The summed E-state index contributed by atoms with van der Waals surface area (Å²) in [6.45, 7) is 7.27. The number of hydrogen-bond acceptors (Lipinski definition) is 4. The monoisotopic (exact) mass is 425 g/mol. The summed E-state index contributed by atoms with van der Waals surface area (Å²) in [5.74, 6) is 0.901. The number of anilines is 1. The fourth-order valence-corrected chi connectivity index (χ4v) is 4.53. The van der Waals surface area contributed by atoms with Gasteiger partial charge in [-0.2, -0.15) is 0 Å². The van der Waals surface area contributed by atoms with Crippen LogP contribution in [0.1, 0.15) is 43.0 Å². The summed E-state index contributed by atoms with van der Waals surface area (Å²) < 4.78 is 5.96. The SMILES string of the molecule is CC/C=C\c1cc(OCCN2CCC3(CC2)C(=O)Nc2ccc(Cl)cc23)cnc1C. The van der Waals surface area contributed by atoms with Gasteiger partial charge in [-0.15, -0.1) is 0 Å². The van der Waals surface area contributed by atoms with E-state index in [-0.39, 0.29) is 5.91 Å². The number of benzene rings is 1. The fraction of sp³-hybridized carbons (Fsp3) is 0.417. The number of rotatable bonds is 6. The number of fused-ring (bicyclic) bond motifs is 2. The molecular weight excluding hydrogens is 398 g/mol. The van der Waals surface area contributed by atoms with Crippen molar-refractivity contribution >= 4 is 29.3 Å². The van der Waals surface area contributed by atoms with Gasteiger partial charge in [-0.3, -0.25) is 14.7 Å². The summed E-state index contributed by atoms with van der Waals surface area (Å²) in [5.41, 5.74) is 3.61. The van der Waals surface area contributed by atoms with Gasteiger partial charge in [0, 0.05) is 22.9 Å². The first-order chi connectivity index (χ1) is 14.5. The van der Waals surface area contributed by atoms with Crippen LogP contribution < -0.4 is 10.1 Å². The van der Waals surface area contributed by atoms with Crippen LogP contribution in [-0.4, -0.2) is 42.0 Å². The van der Waals surface area contributed by atoms with Crippen LogP contribution in [0.5, 0.6) is 5.75 Å². The lowest BCUT2D eigenvalue weighted by Gasteiger charge is -2.37. The van der Waals surface area contributed by atoms with Gasteiger partial charge in [0.25, 0.3) is 0 Å². The van der Waals surface area contributed by atoms with Crippen LogP contribution in [0.25, 0.3) is 6.08 Å². The lowest BCUT2D eigenvalue weighted by atomic mass is 9.73. The van der Waals surface area contributed by atoms with Gasteiger partial charge in [0.15, 0.2) is 0 Å². The number of likely N-dealkylation sites (tertiary alicyclic amines) is 1. The quantitative estimate of drug-likeness (QED) is 0.720. The van der Waals surface area contributed by atoms with Gasteiger partial charge < -0.3 is 10.1 Å².